The highest BCUT2D eigenvalue weighted by atomic mass is 16.4. The van der Waals surface area contributed by atoms with Crippen LogP contribution in [0.25, 0.3) is 11.1 Å². The van der Waals surface area contributed by atoms with Crippen molar-refractivity contribution < 1.29 is 10.0 Å². The van der Waals surface area contributed by atoms with Gasteiger partial charge < -0.3 is 15.8 Å². The van der Waals surface area contributed by atoms with Crippen LogP contribution in [-0.2, 0) is 0 Å². The largest absolute Gasteiger partial charge is 0.488 e. The van der Waals surface area contributed by atoms with Gasteiger partial charge in [0.05, 0.1) is 0 Å². The highest BCUT2D eigenvalue weighted by molar-refractivity contribution is 6.58. The van der Waals surface area contributed by atoms with Crippen molar-refractivity contribution in [2.45, 2.75) is 0 Å². The average molecular weight is 214 g/mol. The SMILES string of the molecule is Nc1ncccc1-c1ccc(B(O)O)cc1. The second-order valence-electron chi connectivity index (χ2n) is 3.43. The summed E-state index contributed by atoms with van der Waals surface area (Å²) in [5.74, 6) is 0.458. The Morgan fingerprint density at radius 1 is 1.06 bits per heavy atom. The predicted octanol–water partition coefficient (Wildman–Crippen LogP) is 0.0106. The van der Waals surface area contributed by atoms with Crippen LogP contribution >= 0.6 is 0 Å². The first kappa shape index (κ1) is 10.7. The predicted molar refractivity (Wildman–Crippen MR) is 63.9 cm³/mol. The van der Waals surface area contributed by atoms with Gasteiger partial charge in [-0.25, -0.2) is 4.98 Å². The third-order valence-electron chi connectivity index (χ3n) is 2.36. The van der Waals surface area contributed by atoms with Crippen molar-refractivity contribution >= 4 is 18.4 Å². The molecule has 0 unspecified atom stereocenters. The summed E-state index contributed by atoms with van der Waals surface area (Å²) in [6.45, 7) is 0. The lowest BCUT2D eigenvalue weighted by atomic mass is 9.80. The zero-order chi connectivity index (χ0) is 11.5. The lowest BCUT2D eigenvalue weighted by Crippen LogP contribution is -2.29. The van der Waals surface area contributed by atoms with Crippen molar-refractivity contribution in [1.82, 2.24) is 4.98 Å². The Morgan fingerprint density at radius 2 is 1.75 bits per heavy atom. The van der Waals surface area contributed by atoms with E-state index in [1.807, 2.05) is 6.07 Å². The molecule has 4 nitrogen and oxygen atoms in total. The topological polar surface area (TPSA) is 79.4 Å². The van der Waals surface area contributed by atoms with Gasteiger partial charge in [-0.1, -0.05) is 24.3 Å². The summed E-state index contributed by atoms with van der Waals surface area (Å²) >= 11 is 0. The third-order valence-corrected chi connectivity index (χ3v) is 2.36. The maximum atomic E-state index is 8.96. The average Bonchev–Trinajstić information content (AvgIpc) is 2.30. The van der Waals surface area contributed by atoms with Crippen LogP contribution in [0, 0.1) is 0 Å². The van der Waals surface area contributed by atoms with E-state index >= 15 is 0 Å². The van der Waals surface area contributed by atoms with Crippen LogP contribution in [0.4, 0.5) is 5.82 Å². The van der Waals surface area contributed by atoms with Crippen LogP contribution in [0.5, 0.6) is 0 Å². The lowest BCUT2D eigenvalue weighted by Gasteiger charge is -2.05. The molecule has 0 aliphatic rings. The second kappa shape index (κ2) is 4.34. The number of pyridine rings is 1. The molecule has 0 saturated heterocycles. The van der Waals surface area contributed by atoms with Gasteiger partial charge in [0.15, 0.2) is 0 Å². The van der Waals surface area contributed by atoms with Gasteiger partial charge in [0.2, 0.25) is 0 Å². The van der Waals surface area contributed by atoms with Crippen LogP contribution in [0.2, 0.25) is 0 Å². The standard InChI is InChI=1S/C11H11BN2O2/c13-11-10(2-1-7-14-11)8-3-5-9(6-4-8)12(15)16/h1-7,15-16H,(H2,13,14). The normalized spacial score (nSPS) is 10.1. The van der Waals surface area contributed by atoms with E-state index in [2.05, 4.69) is 4.98 Å². The van der Waals surface area contributed by atoms with E-state index in [1.165, 1.54) is 0 Å². The van der Waals surface area contributed by atoms with Gasteiger partial charge in [-0.3, -0.25) is 0 Å². The monoisotopic (exact) mass is 214 g/mol. The van der Waals surface area contributed by atoms with Gasteiger partial charge in [0.25, 0.3) is 0 Å². The first-order valence-corrected chi connectivity index (χ1v) is 4.85. The summed E-state index contributed by atoms with van der Waals surface area (Å²) in [7, 11) is -1.44. The number of hydrogen-bond acceptors (Lipinski definition) is 4. The van der Waals surface area contributed by atoms with Crippen LogP contribution in [-0.4, -0.2) is 22.2 Å². The molecule has 0 aliphatic heterocycles. The Bertz CT molecular complexity index is 486. The number of nitrogens with zero attached hydrogens (tertiary/aromatic N) is 1. The van der Waals surface area contributed by atoms with Crippen LogP contribution in [0.1, 0.15) is 0 Å². The molecule has 80 valence electrons. The molecular formula is C11H11BN2O2. The van der Waals surface area contributed by atoms with Crippen LogP contribution < -0.4 is 11.2 Å². The maximum Gasteiger partial charge on any atom is 0.488 e. The number of anilines is 1. The zero-order valence-electron chi connectivity index (χ0n) is 8.54. The Morgan fingerprint density at radius 3 is 2.31 bits per heavy atom. The summed E-state index contributed by atoms with van der Waals surface area (Å²) in [5, 5.41) is 17.9. The number of hydrogen-bond donors (Lipinski definition) is 3. The summed E-state index contributed by atoms with van der Waals surface area (Å²) in [6, 6.07) is 10.5. The second-order valence-corrected chi connectivity index (χ2v) is 3.43. The molecule has 0 aliphatic carbocycles. The fraction of sp³-hybridized carbons (Fsp3) is 0. The van der Waals surface area contributed by atoms with Gasteiger partial charge in [0.1, 0.15) is 5.82 Å². The number of aromatic nitrogens is 1. The van der Waals surface area contributed by atoms with Gasteiger partial charge in [-0.15, -0.1) is 0 Å². The smallest absolute Gasteiger partial charge is 0.423 e. The van der Waals surface area contributed by atoms with Gasteiger partial charge in [0, 0.05) is 11.8 Å². The molecule has 0 spiro atoms. The summed E-state index contributed by atoms with van der Waals surface area (Å²) in [5.41, 5.74) is 7.92. The Hall–Kier alpha value is -1.85. The zero-order valence-corrected chi connectivity index (χ0v) is 8.54. The molecular weight excluding hydrogens is 203 g/mol. The number of nitrogen functional groups attached to an aromatic ring is 1. The van der Waals surface area contributed by atoms with E-state index in [-0.39, 0.29) is 0 Å². The summed E-state index contributed by atoms with van der Waals surface area (Å²) < 4.78 is 0. The van der Waals surface area contributed by atoms with E-state index in [0.717, 1.165) is 11.1 Å². The molecule has 2 rings (SSSR count). The van der Waals surface area contributed by atoms with Crippen molar-refractivity contribution in [2.24, 2.45) is 0 Å². The van der Waals surface area contributed by atoms with E-state index < -0.39 is 7.12 Å². The van der Waals surface area contributed by atoms with Crippen molar-refractivity contribution in [3.05, 3.63) is 42.6 Å². The Labute approximate surface area is 93.5 Å². The quantitative estimate of drug-likeness (QED) is 0.615. The number of benzene rings is 1. The van der Waals surface area contributed by atoms with E-state index in [4.69, 9.17) is 15.8 Å². The third kappa shape index (κ3) is 2.05. The van der Waals surface area contributed by atoms with Gasteiger partial charge >= 0.3 is 7.12 Å². The minimum Gasteiger partial charge on any atom is -0.423 e. The molecule has 0 saturated carbocycles. The summed E-state index contributed by atoms with van der Waals surface area (Å²) in [6.07, 6.45) is 1.63. The molecule has 0 fully saturated rings. The van der Waals surface area contributed by atoms with E-state index in [1.54, 1.807) is 36.5 Å². The molecule has 0 atom stereocenters. The van der Waals surface area contributed by atoms with Crippen molar-refractivity contribution in [2.75, 3.05) is 5.73 Å². The molecule has 1 aromatic carbocycles. The maximum absolute atomic E-state index is 8.96. The molecule has 1 heterocycles. The molecule has 0 radical (unpaired) electrons. The molecule has 0 amide bonds. The summed E-state index contributed by atoms with van der Waals surface area (Å²) in [4.78, 5) is 3.99. The van der Waals surface area contributed by atoms with Gasteiger partial charge in [-0.05, 0) is 23.2 Å². The van der Waals surface area contributed by atoms with E-state index in [0.29, 0.717) is 11.3 Å². The fourth-order valence-corrected chi connectivity index (χ4v) is 1.50. The molecule has 1 aromatic heterocycles. The van der Waals surface area contributed by atoms with Crippen LogP contribution in [0.3, 0.4) is 0 Å². The minimum absolute atomic E-state index is 0.450. The lowest BCUT2D eigenvalue weighted by molar-refractivity contribution is 0.426. The van der Waals surface area contributed by atoms with Crippen molar-refractivity contribution in [1.29, 1.82) is 0 Å². The van der Waals surface area contributed by atoms with Crippen molar-refractivity contribution in [3.8, 4) is 11.1 Å². The first-order chi connectivity index (χ1) is 7.68. The Kier molecular flexibility index (Phi) is 2.89. The van der Waals surface area contributed by atoms with Crippen molar-refractivity contribution in [3.63, 3.8) is 0 Å². The number of nitrogens with two attached hydrogens (primary N) is 1. The molecule has 0 bridgehead atoms. The van der Waals surface area contributed by atoms with E-state index in [9.17, 15) is 0 Å². The molecule has 2 aromatic rings. The number of rotatable bonds is 2. The highest BCUT2D eigenvalue weighted by Crippen LogP contribution is 2.22. The molecule has 5 heteroatoms. The molecule has 16 heavy (non-hydrogen) atoms. The van der Waals surface area contributed by atoms with Gasteiger partial charge in [-0.2, -0.15) is 0 Å². The first-order valence-electron chi connectivity index (χ1n) is 4.85. The fourth-order valence-electron chi connectivity index (χ4n) is 1.50. The van der Waals surface area contributed by atoms with Crippen LogP contribution in [0.15, 0.2) is 42.6 Å². The highest BCUT2D eigenvalue weighted by Gasteiger charge is 2.10. The molecule has 4 N–H and O–H groups in total. The minimum atomic E-state index is -1.44. The Balaban J connectivity index is 2.39.